The summed E-state index contributed by atoms with van der Waals surface area (Å²) in [7, 11) is 0. The van der Waals surface area contributed by atoms with E-state index in [2.05, 4.69) is 169 Å². The summed E-state index contributed by atoms with van der Waals surface area (Å²) in [6.45, 7) is 0. The molecule has 3 nitrogen and oxygen atoms in total. The van der Waals surface area contributed by atoms with Gasteiger partial charge in [-0.2, -0.15) is 0 Å². The smallest absolute Gasteiger partial charge is 0.159 e. The molecule has 0 amide bonds. The number of fused-ring (bicyclic) bond motifs is 10. The van der Waals surface area contributed by atoms with Crippen LogP contribution < -0.4 is 4.90 Å². The summed E-state index contributed by atoms with van der Waals surface area (Å²) in [6, 6.07) is 57.7. The van der Waals surface area contributed by atoms with E-state index in [1.54, 1.807) is 0 Å². The number of nitrogens with zero attached hydrogens (tertiary/aromatic N) is 1. The highest BCUT2D eigenvalue weighted by atomic mass is 16.3. The third-order valence-corrected chi connectivity index (χ3v) is 9.45. The third kappa shape index (κ3) is 3.93. The molecule has 3 heteroatoms. The van der Waals surface area contributed by atoms with Crippen molar-refractivity contribution < 1.29 is 8.83 Å². The topological polar surface area (TPSA) is 29.5 Å². The van der Waals surface area contributed by atoms with Crippen LogP contribution in [0.5, 0.6) is 0 Å². The molecular formula is C44H27NO2. The molecule has 0 spiro atoms. The summed E-state index contributed by atoms with van der Waals surface area (Å²) < 4.78 is 13.5. The predicted molar refractivity (Wildman–Crippen MR) is 196 cm³/mol. The van der Waals surface area contributed by atoms with Gasteiger partial charge in [0.05, 0.1) is 16.8 Å². The lowest BCUT2D eigenvalue weighted by atomic mass is 10.0. The van der Waals surface area contributed by atoms with Gasteiger partial charge in [0, 0.05) is 27.2 Å². The molecule has 0 unspecified atom stereocenters. The van der Waals surface area contributed by atoms with Gasteiger partial charge < -0.3 is 13.7 Å². The van der Waals surface area contributed by atoms with Crippen molar-refractivity contribution in [3.63, 3.8) is 0 Å². The normalized spacial score (nSPS) is 11.8. The lowest BCUT2D eigenvalue weighted by molar-refractivity contribution is 0.663. The number of furan rings is 2. The van der Waals surface area contributed by atoms with E-state index in [-0.39, 0.29) is 0 Å². The Labute approximate surface area is 270 Å². The van der Waals surface area contributed by atoms with Crippen LogP contribution in [0.4, 0.5) is 17.1 Å². The molecule has 0 radical (unpaired) electrons. The van der Waals surface area contributed by atoms with E-state index in [1.807, 2.05) is 0 Å². The van der Waals surface area contributed by atoms with Crippen molar-refractivity contribution >= 4 is 82.5 Å². The number of para-hydroxylation sites is 1. The maximum Gasteiger partial charge on any atom is 0.159 e. The third-order valence-electron chi connectivity index (χ3n) is 9.45. The van der Waals surface area contributed by atoms with Crippen LogP contribution in [0.3, 0.4) is 0 Å². The Kier molecular flexibility index (Phi) is 5.57. The van der Waals surface area contributed by atoms with Crippen LogP contribution in [0.25, 0.3) is 76.5 Å². The van der Waals surface area contributed by atoms with Crippen LogP contribution in [0.15, 0.2) is 173 Å². The van der Waals surface area contributed by atoms with E-state index in [9.17, 15) is 0 Å². The largest absolute Gasteiger partial charge is 0.455 e. The molecule has 0 bridgehead atoms. The molecule has 0 fully saturated rings. The Bertz CT molecular complexity index is 2780. The van der Waals surface area contributed by atoms with Crippen LogP contribution in [-0.4, -0.2) is 0 Å². The van der Waals surface area contributed by atoms with Crippen LogP contribution in [0, 0.1) is 0 Å². The number of rotatable bonds is 4. The molecule has 8 aromatic carbocycles. The fourth-order valence-electron chi connectivity index (χ4n) is 7.29. The minimum absolute atomic E-state index is 0.806. The minimum atomic E-state index is 0.806. The highest BCUT2D eigenvalue weighted by Crippen LogP contribution is 2.47. The zero-order valence-electron chi connectivity index (χ0n) is 25.4. The van der Waals surface area contributed by atoms with E-state index < -0.39 is 0 Å². The molecule has 10 aromatic rings. The van der Waals surface area contributed by atoms with Crippen LogP contribution in [0.2, 0.25) is 0 Å². The predicted octanol–water partition coefficient (Wildman–Crippen LogP) is 12.9. The van der Waals surface area contributed by atoms with Crippen LogP contribution in [-0.2, 0) is 0 Å². The van der Waals surface area contributed by atoms with E-state index in [0.717, 1.165) is 60.9 Å². The van der Waals surface area contributed by atoms with Gasteiger partial charge in [-0.1, -0.05) is 121 Å². The first-order valence-corrected chi connectivity index (χ1v) is 15.9. The first-order chi connectivity index (χ1) is 23.3. The number of hydrogen-bond acceptors (Lipinski definition) is 3. The SMILES string of the molecule is c1ccc(-c2ccc(N(c3cccc4ccccc34)c3cccc4c3oc3ccc5c(oc6ccc7ccccc7c65)c34)cc2)cc1. The molecule has 2 aromatic heterocycles. The quantitative estimate of drug-likeness (QED) is 0.201. The Morgan fingerprint density at radius 2 is 0.915 bits per heavy atom. The second kappa shape index (κ2) is 10.1. The monoisotopic (exact) mass is 601 g/mol. The summed E-state index contributed by atoms with van der Waals surface area (Å²) in [6.07, 6.45) is 0. The highest BCUT2D eigenvalue weighted by molar-refractivity contribution is 6.27. The van der Waals surface area contributed by atoms with Crippen molar-refractivity contribution in [3.05, 3.63) is 164 Å². The second-order valence-electron chi connectivity index (χ2n) is 12.1. The van der Waals surface area contributed by atoms with Gasteiger partial charge in [0.15, 0.2) is 5.58 Å². The average molecular weight is 602 g/mol. The molecule has 0 aliphatic carbocycles. The summed E-state index contributed by atoms with van der Waals surface area (Å²) >= 11 is 0. The molecule has 0 saturated heterocycles. The van der Waals surface area contributed by atoms with Gasteiger partial charge in [-0.05, 0) is 69.8 Å². The van der Waals surface area contributed by atoms with Crippen LogP contribution in [0.1, 0.15) is 0 Å². The van der Waals surface area contributed by atoms with Crippen molar-refractivity contribution in [1.82, 2.24) is 0 Å². The lowest BCUT2D eigenvalue weighted by Crippen LogP contribution is -2.10. The van der Waals surface area contributed by atoms with Crippen LogP contribution >= 0.6 is 0 Å². The molecule has 0 aliphatic heterocycles. The number of anilines is 3. The number of hydrogen-bond donors (Lipinski definition) is 0. The van der Waals surface area contributed by atoms with Gasteiger partial charge >= 0.3 is 0 Å². The van der Waals surface area contributed by atoms with Gasteiger partial charge in [0.2, 0.25) is 0 Å². The summed E-state index contributed by atoms with van der Waals surface area (Å²) in [5.74, 6) is 0. The molecule has 47 heavy (non-hydrogen) atoms. The van der Waals surface area contributed by atoms with E-state index in [4.69, 9.17) is 8.83 Å². The Hall–Kier alpha value is -6.32. The van der Waals surface area contributed by atoms with Gasteiger partial charge in [-0.25, -0.2) is 0 Å². The first kappa shape index (κ1) is 26.0. The zero-order valence-corrected chi connectivity index (χ0v) is 25.4. The molecular weight excluding hydrogens is 574 g/mol. The van der Waals surface area contributed by atoms with Gasteiger partial charge in [-0.15, -0.1) is 0 Å². The van der Waals surface area contributed by atoms with E-state index in [0.29, 0.717) is 0 Å². The molecule has 0 aliphatic rings. The highest BCUT2D eigenvalue weighted by Gasteiger charge is 2.23. The molecule has 10 rings (SSSR count). The lowest BCUT2D eigenvalue weighted by Gasteiger charge is -2.27. The van der Waals surface area contributed by atoms with Crippen molar-refractivity contribution in [2.24, 2.45) is 0 Å². The Morgan fingerprint density at radius 3 is 1.77 bits per heavy atom. The molecule has 220 valence electrons. The molecule has 2 heterocycles. The molecule has 0 N–H and O–H groups in total. The van der Waals surface area contributed by atoms with E-state index >= 15 is 0 Å². The Morgan fingerprint density at radius 1 is 0.340 bits per heavy atom. The second-order valence-corrected chi connectivity index (χ2v) is 12.1. The zero-order chi connectivity index (χ0) is 30.9. The minimum Gasteiger partial charge on any atom is -0.455 e. The van der Waals surface area contributed by atoms with Crippen molar-refractivity contribution in [2.45, 2.75) is 0 Å². The average Bonchev–Trinajstić information content (AvgIpc) is 3.72. The molecule has 0 atom stereocenters. The van der Waals surface area contributed by atoms with Crippen molar-refractivity contribution in [1.29, 1.82) is 0 Å². The Balaban J connectivity index is 1.24. The fraction of sp³-hybridized carbons (Fsp3) is 0. The maximum atomic E-state index is 6.80. The van der Waals surface area contributed by atoms with Crippen molar-refractivity contribution in [2.75, 3.05) is 4.90 Å². The first-order valence-electron chi connectivity index (χ1n) is 15.9. The summed E-state index contributed by atoms with van der Waals surface area (Å²) in [4.78, 5) is 2.32. The fourth-order valence-corrected chi connectivity index (χ4v) is 7.29. The van der Waals surface area contributed by atoms with Gasteiger partial charge in [0.1, 0.15) is 16.7 Å². The van der Waals surface area contributed by atoms with Crippen molar-refractivity contribution in [3.8, 4) is 11.1 Å². The summed E-state index contributed by atoms with van der Waals surface area (Å²) in [5.41, 5.74) is 8.84. The van der Waals surface area contributed by atoms with E-state index in [1.165, 1.54) is 32.7 Å². The maximum absolute atomic E-state index is 6.80. The standard InChI is InChI=1S/C44H27NO2/c1-2-10-28(11-3-1)29-20-23-32(24-21-29)45(37-18-8-14-30-12-4-6-15-33(30)37)38-19-9-17-35-42-40(46-43(35)38)27-25-36-41-34-16-7-5-13-31(34)22-26-39(41)47-44(36)42/h1-27H. The summed E-state index contributed by atoms with van der Waals surface area (Å²) in [5, 5.41) is 9.00. The van der Waals surface area contributed by atoms with Gasteiger partial charge in [0.25, 0.3) is 0 Å². The number of benzene rings is 8. The van der Waals surface area contributed by atoms with Gasteiger partial charge in [-0.3, -0.25) is 0 Å². The molecule has 0 saturated carbocycles.